The number of halogens is 1. The molecule has 0 aliphatic carbocycles. The third kappa shape index (κ3) is 2.48. The molecule has 1 aliphatic rings. The minimum Gasteiger partial charge on any atom is -0.447 e. The first kappa shape index (κ1) is 12.9. The van der Waals surface area contributed by atoms with Crippen LogP contribution in [0.2, 0.25) is 0 Å². The Morgan fingerprint density at radius 2 is 2.28 bits per heavy atom. The van der Waals surface area contributed by atoms with Crippen LogP contribution in [0.15, 0.2) is 22.7 Å². The highest BCUT2D eigenvalue weighted by atomic mass is 79.9. The van der Waals surface area contributed by atoms with Gasteiger partial charge in [-0.15, -0.1) is 0 Å². The Kier molecular flexibility index (Phi) is 3.56. The standard InChI is InChI=1S/C12H13BrN2O3/c1-7-3-4-8(5-9(7)13)14-11(16)10-6-18-12(17)15(10)2/h3-5,10H,6H2,1-2H3,(H,14,16). The smallest absolute Gasteiger partial charge is 0.410 e. The minimum atomic E-state index is -0.572. The number of hydrogen-bond donors (Lipinski definition) is 1. The van der Waals surface area contributed by atoms with E-state index < -0.39 is 12.1 Å². The van der Waals surface area contributed by atoms with E-state index in [1.165, 1.54) is 4.90 Å². The maximum absolute atomic E-state index is 12.0. The summed E-state index contributed by atoms with van der Waals surface area (Å²) in [7, 11) is 1.55. The molecule has 1 aromatic rings. The normalized spacial score (nSPS) is 18.7. The molecule has 0 aromatic heterocycles. The first-order valence-electron chi connectivity index (χ1n) is 5.45. The summed E-state index contributed by atoms with van der Waals surface area (Å²) in [6.45, 7) is 2.06. The minimum absolute atomic E-state index is 0.0915. The fourth-order valence-corrected chi connectivity index (χ4v) is 2.02. The molecule has 1 unspecified atom stereocenters. The molecule has 0 saturated carbocycles. The van der Waals surface area contributed by atoms with Crippen molar-refractivity contribution in [3.8, 4) is 0 Å². The molecule has 1 heterocycles. The number of rotatable bonds is 2. The van der Waals surface area contributed by atoms with E-state index in [0.717, 1.165) is 10.0 Å². The first-order valence-corrected chi connectivity index (χ1v) is 6.25. The fourth-order valence-electron chi connectivity index (χ4n) is 1.64. The number of carbonyl (C=O) groups excluding carboxylic acids is 2. The SMILES string of the molecule is Cc1ccc(NC(=O)C2COC(=O)N2C)cc1Br. The molecule has 1 atom stereocenters. The average molecular weight is 313 g/mol. The molecule has 1 saturated heterocycles. The second-order valence-electron chi connectivity index (χ2n) is 4.16. The second-order valence-corrected chi connectivity index (χ2v) is 5.01. The molecule has 0 bridgehead atoms. The molecule has 6 heteroatoms. The number of carbonyl (C=O) groups is 2. The van der Waals surface area contributed by atoms with Gasteiger partial charge in [-0.1, -0.05) is 22.0 Å². The molecule has 1 fully saturated rings. The molecule has 2 rings (SSSR count). The van der Waals surface area contributed by atoms with Crippen LogP contribution >= 0.6 is 15.9 Å². The predicted molar refractivity (Wildman–Crippen MR) is 70.4 cm³/mol. The topological polar surface area (TPSA) is 58.6 Å². The van der Waals surface area contributed by atoms with Crippen LogP contribution in [-0.4, -0.2) is 36.6 Å². The van der Waals surface area contributed by atoms with E-state index in [1.54, 1.807) is 7.05 Å². The summed E-state index contributed by atoms with van der Waals surface area (Å²) in [6.07, 6.45) is -0.472. The van der Waals surface area contributed by atoms with Crippen LogP contribution in [0.1, 0.15) is 5.56 Å². The van der Waals surface area contributed by atoms with Crippen molar-refractivity contribution in [2.75, 3.05) is 19.0 Å². The third-order valence-corrected chi connectivity index (χ3v) is 3.72. The lowest BCUT2D eigenvalue weighted by Gasteiger charge is -2.15. The van der Waals surface area contributed by atoms with Crippen molar-refractivity contribution in [1.82, 2.24) is 4.90 Å². The zero-order valence-electron chi connectivity index (χ0n) is 10.1. The number of nitrogens with one attached hydrogen (secondary N) is 1. The molecule has 0 spiro atoms. The predicted octanol–water partition coefficient (Wildman–Crippen LogP) is 2.15. The van der Waals surface area contributed by atoms with Gasteiger partial charge in [0.05, 0.1) is 0 Å². The molecule has 1 aromatic carbocycles. The average Bonchev–Trinajstić information content (AvgIpc) is 2.65. The van der Waals surface area contributed by atoms with E-state index >= 15 is 0 Å². The lowest BCUT2D eigenvalue weighted by molar-refractivity contribution is -0.119. The van der Waals surface area contributed by atoms with E-state index in [1.807, 2.05) is 25.1 Å². The largest absolute Gasteiger partial charge is 0.447 e. The number of ether oxygens (including phenoxy) is 1. The molecule has 1 N–H and O–H groups in total. The van der Waals surface area contributed by atoms with Gasteiger partial charge in [-0.2, -0.15) is 0 Å². The molecule has 1 aliphatic heterocycles. The number of hydrogen-bond acceptors (Lipinski definition) is 3. The maximum Gasteiger partial charge on any atom is 0.410 e. The van der Waals surface area contributed by atoms with Crippen molar-refractivity contribution in [2.24, 2.45) is 0 Å². The molecule has 96 valence electrons. The van der Waals surface area contributed by atoms with E-state index in [2.05, 4.69) is 21.2 Å². The van der Waals surface area contributed by atoms with E-state index in [4.69, 9.17) is 4.74 Å². The Morgan fingerprint density at radius 3 is 2.83 bits per heavy atom. The summed E-state index contributed by atoms with van der Waals surface area (Å²) in [6, 6.07) is 4.97. The fraction of sp³-hybridized carbons (Fsp3) is 0.333. The zero-order chi connectivity index (χ0) is 13.3. The van der Waals surface area contributed by atoms with Gasteiger partial charge in [0.2, 0.25) is 0 Å². The third-order valence-electron chi connectivity index (χ3n) is 2.86. The molecule has 0 radical (unpaired) electrons. The zero-order valence-corrected chi connectivity index (χ0v) is 11.7. The summed E-state index contributed by atoms with van der Waals surface area (Å²) in [5, 5.41) is 2.76. The lowest BCUT2D eigenvalue weighted by Crippen LogP contribution is -2.40. The van der Waals surface area contributed by atoms with Crippen LogP contribution < -0.4 is 5.32 Å². The van der Waals surface area contributed by atoms with E-state index in [-0.39, 0.29) is 12.5 Å². The summed E-state index contributed by atoms with van der Waals surface area (Å²) < 4.78 is 5.72. The van der Waals surface area contributed by atoms with E-state index in [0.29, 0.717) is 5.69 Å². The van der Waals surface area contributed by atoms with Gasteiger partial charge in [-0.3, -0.25) is 9.69 Å². The Balaban J connectivity index is 2.07. The van der Waals surface area contributed by atoms with Crippen LogP contribution in [0.5, 0.6) is 0 Å². The van der Waals surface area contributed by atoms with Gasteiger partial charge in [0, 0.05) is 17.2 Å². The van der Waals surface area contributed by atoms with E-state index in [9.17, 15) is 9.59 Å². The van der Waals surface area contributed by atoms with Crippen LogP contribution in [0.4, 0.5) is 10.5 Å². The monoisotopic (exact) mass is 312 g/mol. The van der Waals surface area contributed by atoms with Gasteiger partial charge in [-0.25, -0.2) is 4.79 Å². The number of benzene rings is 1. The van der Waals surface area contributed by atoms with Crippen molar-refractivity contribution in [3.63, 3.8) is 0 Å². The second kappa shape index (κ2) is 4.97. The highest BCUT2D eigenvalue weighted by molar-refractivity contribution is 9.10. The summed E-state index contributed by atoms with van der Waals surface area (Å²) in [5.74, 6) is -0.251. The molecular formula is C12H13BrN2O3. The quantitative estimate of drug-likeness (QED) is 0.910. The van der Waals surface area contributed by atoms with Crippen molar-refractivity contribution >= 4 is 33.6 Å². The van der Waals surface area contributed by atoms with Gasteiger partial charge in [-0.05, 0) is 24.6 Å². The number of nitrogens with zero attached hydrogens (tertiary/aromatic N) is 1. The van der Waals surface area contributed by atoms with Gasteiger partial charge in [0.15, 0.2) is 0 Å². The number of amides is 2. The van der Waals surface area contributed by atoms with Crippen molar-refractivity contribution in [2.45, 2.75) is 13.0 Å². The van der Waals surface area contributed by atoms with Gasteiger partial charge < -0.3 is 10.1 Å². The van der Waals surface area contributed by atoms with Crippen LogP contribution in [0.25, 0.3) is 0 Å². The summed E-state index contributed by atoms with van der Waals surface area (Å²) in [5.41, 5.74) is 1.77. The highest BCUT2D eigenvalue weighted by Gasteiger charge is 2.35. The molecule has 2 amide bonds. The number of cyclic esters (lactones) is 1. The number of anilines is 1. The van der Waals surface area contributed by atoms with Crippen LogP contribution in [0.3, 0.4) is 0 Å². The Labute approximate surface area is 113 Å². The summed E-state index contributed by atoms with van der Waals surface area (Å²) in [4.78, 5) is 24.4. The lowest BCUT2D eigenvalue weighted by atomic mass is 10.2. The Hall–Kier alpha value is -1.56. The first-order chi connectivity index (χ1) is 8.49. The van der Waals surface area contributed by atoms with Gasteiger partial charge >= 0.3 is 6.09 Å². The molecule has 5 nitrogen and oxygen atoms in total. The summed E-state index contributed by atoms with van der Waals surface area (Å²) >= 11 is 3.40. The van der Waals surface area contributed by atoms with Gasteiger partial charge in [0.1, 0.15) is 12.6 Å². The molecule has 18 heavy (non-hydrogen) atoms. The number of aryl methyl sites for hydroxylation is 1. The van der Waals surface area contributed by atoms with Crippen molar-refractivity contribution < 1.29 is 14.3 Å². The Morgan fingerprint density at radius 1 is 1.56 bits per heavy atom. The van der Waals surface area contributed by atoms with Crippen molar-refractivity contribution in [1.29, 1.82) is 0 Å². The number of likely N-dealkylation sites (N-methyl/N-ethyl adjacent to an activating group) is 1. The van der Waals surface area contributed by atoms with Gasteiger partial charge in [0.25, 0.3) is 5.91 Å². The van der Waals surface area contributed by atoms with Crippen LogP contribution in [0, 0.1) is 6.92 Å². The van der Waals surface area contributed by atoms with Crippen LogP contribution in [-0.2, 0) is 9.53 Å². The maximum atomic E-state index is 12.0. The molecular weight excluding hydrogens is 300 g/mol. The van der Waals surface area contributed by atoms with Crippen molar-refractivity contribution in [3.05, 3.63) is 28.2 Å². The highest BCUT2D eigenvalue weighted by Crippen LogP contribution is 2.21. The Bertz CT molecular complexity index is 504.